The average Bonchev–Trinajstić information content (AvgIpc) is 3.09. The molecular formula is C15H18F2N4O2. The first kappa shape index (κ1) is 15.8. The van der Waals surface area contributed by atoms with E-state index in [0.717, 1.165) is 12.1 Å². The van der Waals surface area contributed by atoms with Crippen LogP contribution < -0.4 is 4.90 Å². The van der Waals surface area contributed by atoms with Gasteiger partial charge in [0.25, 0.3) is 5.95 Å². The first-order chi connectivity index (χ1) is 10.9. The van der Waals surface area contributed by atoms with Crippen LogP contribution >= 0.6 is 0 Å². The second kappa shape index (κ2) is 6.21. The number of likely N-dealkylation sites (tertiary alicyclic amines) is 1. The summed E-state index contributed by atoms with van der Waals surface area (Å²) >= 11 is 0. The van der Waals surface area contributed by atoms with Gasteiger partial charge in [0, 0.05) is 32.2 Å². The largest absolute Gasteiger partial charge is 0.392 e. The van der Waals surface area contributed by atoms with Crippen molar-refractivity contribution >= 4 is 5.95 Å². The lowest BCUT2D eigenvalue weighted by Crippen LogP contribution is -2.25. The van der Waals surface area contributed by atoms with E-state index in [0.29, 0.717) is 24.8 Å². The van der Waals surface area contributed by atoms with Gasteiger partial charge in [0.2, 0.25) is 5.89 Å². The Kier molecular flexibility index (Phi) is 4.27. The van der Waals surface area contributed by atoms with E-state index in [9.17, 15) is 13.9 Å². The number of rotatable bonds is 4. The van der Waals surface area contributed by atoms with Crippen LogP contribution in [0, 0.1) is 11.6 Å². The van der Waals surface area contributed by atoms with Crippen molar-refractivity contribution in [1.82, 2.24) is 15.0 Å². The van der Waals surface area contributed by atoms with Crippen molar-refractivity contribution in [1.29, 1.82) is 0 Å². The lowest BCUT2D eigenvalue weighted by atomic mass is 10.0. The summed E-state index contributed by atoms with van der Waals surface area (Å²) in [6.07, 6.45) is -0.284. The summed E-state index contributed by atoms with van der Waals surface area (Å²) in [6.45, 7) is 0.596. The summed E-state index contributed by atoms with van der Waals surface area (Å²) in [5.74, 6) is -0.191. The molecule has 0 unspecified atom stereocenters. The molecule has 0 spiro atoms. The molecule has 1 N–H and O–H groups in total. The van der Waals surface area contributed by atoms with E-state index in [-0.39, 0.29) is 12.1 Å². The zero-order valence-corrected chi connectivity index (χ0v) is 12.9. The molecule has 1 fully saturated rings. The van der Waals surface area contributed by atoms with Gasteiger partial charge in [0.1, 0.15) is 11.6 Å². The zero-order chi connectivity index (χ0) is 16.6. The second-order valence-corrected chi connectivity index (χ2v) is 5.88. The molecule has 2 heterocycles. The molecule has 2 aromatic rings. The van der Waals surface area contributed by atoms with Crippen LogP contribution in [0.15, 0.2) is 22.7 Å². The van der Waals surface area contributed by atoms with Gasteiger partial charge in [-0.15, -0.1) is 0 Å². The number of anilines is 1. The first-order valence-corrected chi connectivity index (χ1v) is 7.31. The van der Waals surface area contributed by atoms with Crippen LogP contribution in [0.5, 0.6) is 0 Å². The van der Waals surface area contributed by atoms with Gasteiger partial charge in [0.05, 0.1) is 12.6 Å². The molecule has 6 nitrogen and oxygen atoms in total. The number of nitrogens with zero attached hydrogens (tertiary/aromatic N) is 4. The van der Waals surface area contributed by atoms with E-state index >= 15 is 0 Å². The summed E-state index contributed by atoms with van der Waals surface area (Å²) in [5.41, 5.74) is 0.230. The number of aromatic nitrogens is 2. The molecular weight excluding hydrogens is 306 g/mol. The van der Waals surface area contributed by atoms with Crippen molar-refractivity contribution in [3.8, 4) is 0 Å². The molecule has 23 heavy (non-hydrogen) atoms. The Hall–Kier alpha value is -2.06. The lowest BCUT2D eigenvalue weighted by Gasteiger charge is -2.23. The van der Waals surface area contributed by atoms with E-state index < -0.39 is 23.8 Å². The van der Waals surface area contributed by atoms with Gasteiger partial charge in [-0.1, -0.05) is 0 Å². The van der Waals surface area contributed by atoms with Gasteiger partial charge in [0.15, 0.2) is 0 Å². The van der Waals surface area contributed by atoms with Gasteiger partial charge in [-0.3, -0.25) is 4.90 Å². The van der Waals surface area contributed by atoms with Crippen LogP contribution in [-0.4, -0.2) is 46.9 Å². The van der Waals surface area contributed by atoms with Crippen LogP contribution in [0.3, 0.4) is 0 Å². The fourth-order valence-electron chi connectivity index (χ4n) is 2.81. The molecule has 1 saturated heterocycles. The van der Waals surface area contributed by atoms with Crippen LogP contribution in [0.25, 0.3) is 0 Å². The van der Waals surface area contributed by atoms with Crippen LogP contribution in [0.4, 0.5) is 14.7 Å². The van der Waals surface area contributed by atoms with E-state index in [1.165, 1.54) is 6.07 Å². The summed E-state index contributed by atoms with van der Waals surface area (Å²) in [6, 6.07) is 2.92. The number of aliphatic hydroxyl groups is 1. The quantitative estimate of drug-likeness (QED) is 0.924. The maximum absolute atomic E-state index is 14.0. The van der Waals surface area contributed by atoms with E-state index in [1.807, 2.05) is 4.90 Å². The van der Waals surface area contributed by atoms with Crippen LogP contribution in [-0.2, 0) is 6.54 Å². The molecule has 2 atom stereocenters. The summed E-state index contributed by atoms with van der Waals surface area (Å²) in [7, 11) is 3.58. The van der Waals surface area contributed by atoms with E-state index in [2.05, 4.69) is 10.1 Å². The molecule has 0 aliphatic carbocycles. The van der Waals surface area contributed by atoms with Gasteiger partial charge in [-0.2, -0.15) is 4.98 Å². The van der Waals surface area contributed by atoms with Crippen LogP contribution in [0.1, 0.15) is 23.9 Å². The minimum Gasteiger partial charge on any atom is -0.392 e. The van der Waals surface area contributed by atoms with Gasteiger partial charge in [-0.25, -0.2) is 8.78 Å². The standard InChI is InChI=1S/C15H18F2N4O2/c1-20(2)15-18-14(23-19-15)8-21-7-10(22)6-13(21)11-5-9(16)3-4-12(11)17/h3-5,10,13,22H,6-8H2,1-2H3/t10-,13+/m0/s1. The topological polar surface area (TPSA) is 65.6 Å². The Bertz CT molecular complexity index is 692. The third-order valence-corrected chi connectivity index (χ3v) is 3.89. The normalized spacial score (nSPS) is 21.8. The van der Waals surface area contributed by atoms with E-state index in [1.54, 1.807) is 19.0 Å². The predicted molar refractivity (Wildman–Crippen MR) is 78.8 cm³/mol. The zero-order valence-electron chi connectivity index (χ0n) is 12.9. The Balaban J connectivity index is 1.83. The lowest BCUT2D eigenvalue weighted by molar-refractivity contribution is 0.164. The molecule has 3 rings (SSSR count). The molecule has 0 amide bonds. The Morgan fingerprint density at radius 3 is 2.87 bits per heavy atom. The summed E-state index contributed by atoms with van der Waals surface area (Å²) in [5, 5.41) is 13.8. The molecule has 124 valence electrons. The van der Waals surface area contributed by atoms with Crippen molar-refractivity contribution in [3.05, 3.63) is 41.3 Å². The van der Waals surface area contributed by atoms with Gasteiger partial charge in [-0.05, 0) is 29.8 Å². The number of β-amino-alcohol motifs (C(OH)–C–C–N with tert-alkyl or cyclic N) is 1. The minimum absolute atomic E-state index is 0.230. The highest BCUT2D eigenvalue weighted by Crippen LogP contribution is 2.35. The molecule has 0 radical (unpaired) electrons. The SMILES string of the molecule is CN(C)c1noc(CN2C[C@@H](O)C[C@@H]2c2cc(F)ccc2F)n1. The number of benzene rings is 1. The highest BCUT2D eigenvalue weighted by Gasteiger charge is 2.34. The van der Waals surface area contributed by atoms with Crippen LogP contribution in [0.2, 0.25) is 0 Å². The third kappa shape index (κ3) is 3.32. The van der Waals surface area contributed by atoms with Crippen molar-refractivity contribution in [3.63, 3.8) is 0 Å². The molecule has 1 aliphatic rings. The van der Waals surface area contributed by atoms with E-state index in [4.69, 9.17) is 4.52 Å². The predicted octanol–water partition coefficient (Wildman–Crippen LogP) is 1.72. The first-order valence-electron chi connectivity index (χ1n) is 7.31. The molecule has 0 saturated carbocycles. The molecule has 1 aromatic heterocycles. The van der Waals surface area contributed by atoms with Crippen molar-refractivity contribution < 1.29 is 18.4 Å². The highest BCUT2D eigenvalue weighted by atomic mass is 19.1. The average molecular weight is 324 g/mol. The fraction of sp³-hybridized carbons (Fsp3) is 0.467. The Morgan fingerprint density at radius 1 is 1.39 bits per heavy atom. The third-order valence-electron chi connectivity index (χ3n) is 3.89. The summed E-state index contributed by atoms with van der Waals surface area (Å²) < 4.78 is 32.7. The number of aliphatic hydroxyl groups excluding tert-OH is 1. The summed E-state index contributed by atoms with van der Waals surface area (Å²) in [4.78, 5) is 7.74. The smallest absolute Gasteiger partial charge is 0.265 e. The molecule has 1 aromatic carbocycles. The monoisotopic (exact) mass is 324 g/mol. The number of hydrogen-bond acceptors (Lipinski definition) is 6. The number of hydrogen-bond donors (Lipinski definition) is 1. The van der Waals surface area contributed by atoms with Gasteiger partial charge < -0.3 is 14.5 Å². The number of halogens is 2. The minimum atomic E-state index is -0.612. The maximum Gasteiger partial charge on any atom is 0.265 e. The molecule has 8 heteroatoms. The van der Waals surface area contributed by atoms with Crippen molar-refractivity contribution in [2.45, 2.75) is 25.1 Å². The molecule has 0 bridgehead atoms. The second-order valence-electron chi connectivity index (χ2n) is 5.88. The maximum atomic E-state index is 14.0. The Labute approximate surface area is 132 Å². The van der Waals surface area contributed by atoms with Crippen molar-refractivity contribution in [2.75, 3.05) is 25.5 Å². The fourth-order valence-corrected chi connectivity index (χ4v) is 2.81. The highest BCUT2D eigenvalue weighted by molar-refractivity contribution is 5.25. The Morgan fingerprint density at radius 2 is 2.17 bits per heavy atom. The van der Waals surface area contributed by atoms with Crippen molar-refractivity contribution in [2.24, 2.45) is 0 Å². The van der Waals surface area contributed by atoms with Gasteiger partial charge >= 0.3 is 0 Å². The molecule has 1 aliphatic heterocycles.